The molecule has 2 atom stereocenters. The topological polar surface area (TPSA) is 133 Å². The lowest BCUT2D eigenvalue weighted by Crippen LogP contribution is -2.48. The van der Waals surface area contributed by atoms with E-state index in [1.54, 1.807) is 40.9 Å². The predicted octanol–water partition coefficient (Wildman–Crippen LogP) is 0.171. The van der Waals surface area contributed by atoms with Crippen molar-refractivity contribution in [2.45, 2.75) is 31.9 Å². The molecule has 2 amide bonds. The van der Waals surface area contributed by atoms with E-state index in [1.165, 1.54) is 0 Å². The van der Waals surface area contributed by atoms with Gasteiger partial charge in [-0.15, -0.1) is 5.10 Å². The number of benzene rings is 1. The number of piperazine rings is 1. The second-order valence-electron chi connectivity index (χ2n) is 8.12. The number of aliphatic hydroxyl groups is 2. The molecule has 2 aliphatic heterocycles. The summed E-state index contributed by atoms with van der Waals surface area (Å²) in [6.45, 7) is 3.92. The molecule has 0 bridgehead atoms. The lowest BCUT2D eigenvalue weighted by Gasteiger charge is -2.30. The summed E-state index contributed by atoms with van der Waals surface area (Å²) in [4.78, 5) is 26.7. The molecule has 0 aliphatic carbocycles. The Hall–Kier alpha value is -3.08. The standard InChI is InChI=1S/C22H28N6O4/c1-15(4-2-3-9-27-14-16(7-11-29)25-26-27)22(32)18-12-17(5-6-19(18)24-21(22)31)28-10-8-23-13-20(28)30/h2,4-6,12,14-15,23,29,32H,3,7-11,13H2,1H3,(H,24,31)/b4-2+/t15-,22+/m0/s1. The van der Waals surface area contributed by atoms with E-state index in [0.29, 0.717) is 49.4 Å². The molecule has 0 unspecified atom stereocenters. The third kappa shape index (κ3) is 4.16. The first-order chi connectivity index (χ1) is 15.4. The summed E-state index contributed by atoms with van der Waals surface area (Å²) in [6.07, 6.45) is 6.64. The van der Waals surface area contributed by atoms with Crippen molar-refractivity contribution >= 4 is 23.2 Å². The molecule has 0 saturated carbocycles. The molecule has 0 radical (unpaired) electrons. The molecule has 3 heterocycles. The number of aliphatic hydroxyl groups excluding tert-OH is 1. The normalized spacial score (nSPS) is 21.8. The number of nitrogens with one attached hydrogen (secondary N) is 2. The van der Waals surface area contributed by atoms with Crippen molar-refractivity contribution in [1.29, 1.82) is 0 Å². The van der Waals surface area contributed by atoms with Gasteiger partial charge in [-0.1, -0.05) is 24.3 Å². The van der Waals surface area contributed by atoms with Crippen LogP contribution in [0, 0.1) is 5.92 Å². The van der Waals surface area contributed by atoms with Gasteiger partial charge in [-0.3, -0.25) is 14.3 Å². The Morgan fingerprint density at radius 3 is 2.97 bits per heavy atom. The van der Waals surface area contributed by atoms with Crippen LogP contribution in [0.4, 0.5) is 11.4 Å². The Kier molecular flexibility index (Phi) is 6.35. The van der Waals surface area contributed by atoms with Crippen molar-refractivity contribution in [2.75, 3.05) is 36.5 Å². The quantitative estimate of drug-likeness (QED) is 0.430. The number of aryl methyl sites for hydroxylation is 1. The number of carbonyl (C=O) groups excluding carboxylic acids is 2. The Morgan fingerprint density at radius 1 is 1.34 bits per heavy atom. The molecule has 10 nitrogen and oxygen atoms in total. The molecule has 4 rings (SSSR count). The van der Waals surface area contributed by atoms with Crippen molar-refractivity contribution < 1.29 is 19.8 Å². The van der Waals surface area contributed by atoms with E-state index in [1.807, 2.05) is 12.2 Å². The third-order valence-electron chi connectivity index (χ3n) is 5.97. The van der Waals surface area contributed by atoms with Crippen LogP contribution in [0.2, 0.25) is 0 Å². The van der Waals surface area contributed by atoms with Gasteiger partial charge < -0.3 is 25.7 Å². The first kappa shape index (κ1) is 22.1. The van der Waals surface area contributed by atoms with E-state index < -0.39 is 17.4 Å². The number of rotatable bonds is 8. The maximum atomic E-state index is 12.7. The van der Waals surface area contributed by atoms with Crippen LogP contribution in [0.3, 0.4) is 0 Å². The van der Waals surface area contributed by atoms with Crippen LogP contribution in [0.5, 0.6) is 0 Å². The van der Waals surface area contributed by atoms with Gasteiger partial charge in [0.25, 0.3) is 5.91 Å². The summed E-state index contributed by atoms with van der Waals surface area (Å²) in [5.74, 6) is -1.00. The van der Waals surface area contributed by atoms with Crippen LogP contribution in [0.25, 0.3) is 0 Å². The predicted molar refractivity (Wildman–Crippen MR) is 118 cm³/mol. The molecule has 0 spiro atoms. The second-order valence-corrected chi connectivity index (χ2v) is 8.12. The van der Waals surface area contributed by atoms with Crippen LogP contribution in [0.15, 0.2) is 36.5 Å². The molecule has 32 heavy (non-hydrogen) atoms. The van der Waals surface area contributed by atoms with Crippen LogP contribution >= 0.6 is 0 Å². The number of anilines is 2. The molecular formula is C22H28N6O4. The van der Waals surface area contributed by atoms with Gasteiger partial charge in [-0.05, 0) is 24.6 Å². The Bertz CT molecular complexity index is 1040. The van der Waals surface area contributed by atoms with Gasteiger partial charge in [-0.25, -0.2) is 0 Å². The number of nitrogens with zero attached hydrogens (tertiary/aromatic N) is 4. The molecule has 1 saturated heterocycles. The average molecular weight is 441 g/mol. The number of carbonyl (C=O) groups is 2. The Morgan fingerprint density at radius 2 is 2.19 bits per heavy atom. The molecule has 1 fully saturated rings. The molecule has 2 aliphatic rings. The zero-order chi connectivity index (χ0) is 22.7. The lowest BCUT2D eigenvalue weighted by molar-refractivity contribution is -0.137. The minimum Gasteiger partial charge on any atom is -0.396 e. The molecule has 170 valence electrons. The number of allylic oxidation sites excluding steroid dienone is 1. The molecule has 2 aromatic rings. The highest BCUT2D eigenvalue weighted by Gasteiger charge is 2.48. The van der Waals surface area contributed by atoms with Gasteiger partial charge in [0, 0.05) is 61.7 Å². The van der Waals surface area contributed by atoms with E-state index in [4.69, 9.17) is 5.11 Å². The van der Waals surface area contributed by atoms with E-state index >= 15 is 0 Å². The van der Waals surface area contributed by atoms with Crippen molar-refractivity contribution in [2.24, 2.45) is 5.92 Å². The van der Waals surface area contributed by atoms with Gasteiger partial charge in [0.15, 0.2) is 5.60 Å². The number of hydrogen-bond donors (Lipinski definition) is 4. The van der Waals surface area contributed by atoms with Gasteiger partial charge in [0.1, 0.15) is 0 Å². The van der Waals surface area contributed by atoms with Crippen molar-refractivity contribution in [1.82, 2.24) is 20.3 Å². The molecule has 1 aromatic carbocycles. The maximum Gasteiger partial charge on any atom is 0.261 e. The summed E-state index contributed by atoms with van der Waals surface area (Å²) in [6, 6.07) is 5.26. The minimum absolute atomic E-state index is 0.0305. The van der Waals surface area contributed by atoms with Gasteiger partial charge in [0.05, 0.1) is 12.2 Å². The van der Waals surface area contributed by atoms with E-state index in [2.05, 4.69) is 20.9 Å². The summed E-state index contributed by atoms with van der Waals surface area (Å²) in [7, 11) is 0. The van der Waals surface area contributed by atoms with Crippen LogP contribution in [-0.4, -0.2) is 63.3 Å². The SMILES string of the molecule is C[C@@H](/C=C/CCn1cc(CCO)nn1)[C@]1(O)C(=O)Nc2ccc(N3CCNCC3=O)cc21. The molecule has 10 heteroatoms. The summed E-state index contributed by atoms with van der Waals surface area (Å²) >= 11 is 0. The zero-order valence-corrected chi connectivity index (χ0v) is 18.0. The highest BCUT2D eigenvalue weighted by atomic mass is 16.3. The summed E-state index contributed by atoms with van der Waals surface area (Å²) in [5, 5.41) is 34.2. The number of fused-ring (bicyclic) bond motifs is 1. The maximum absolute atomic E-state index is 12.7. The first-order valence-corrected chi connectivity index (χ1v) is 10.8. The minimum atomic E-state index is -1.72. The number of amides is 2. The zero-order valence-electron chi connectivity index (χ0n) is 18.0. The number of aromatic nitrogens is 3. The highest BCUT2D eigenvalue weighted by Crippen LogP contribution is 2.43. The smallest absolute Gasteiger partial charge is 0.261 e. The fourth-order valence-corrected chi connectivity index (χ4v) is 4.12. The molecule has 4 N–H and O–H groups in total. The highest BCUT2D eigenvalue weighted by molar-refractivity contribution is 6.06. The van der Waals surface area contributed by atoms with Crippen LogP contribution < -0.4 is 15.5 Å². The van der Waals surface area contributed by atoms with Gasteiger partial charge >= 0.3 is 0 Å². The van der Waals surface area contributed by atoms with Crippen molar-refractivity contribution in [3.63, 3.8) is 0 Å². The number of hydrogen-bond acceptors (Lipinski definition) is 7. The lowest BCUT2D eigenvalue weighted by atomic mass is 9.82. The Labute approximate surface area is 185 Å². The summed E-state index contributed by atoms with van der Waals surface area (Å²) in [5.41, 5.74) is 0.723. The summed E-state index contributed by atoms with van der Waals surface area (Å²) < 4.78 is 1.70. The van der Waals surface area contributed by atoms with E-state index in [0.717, 1.165) is 5.69 Å². The van der Waals surface area contributed by atoms with Crippen molar-refractivity contribution in [3.05, 3.63) is 47.8 Å². The van der Waals surface area contributed by atoms with Gasteiger partial charge in [0.2, 0.25) is 5.91 Å². The largest absolute Gasteiger partial charge is 0.396 e. The fourth-order valence-electron chi connectivity index (χ4n) is 4.12. The third-order valence-corrected chi connectivity index (χ3v) is 5.97. The first-order valence-electron chi connectivity index (χ1n) is 10.8. The fraction of sp³-hybridized carbons (Fsp3) is 0.455. The monoisotopic (exact) mass is 440 g/mol. The van der Waals surface area contributed by atoms with Crippen LogP contribution in [0.1, 0.15) is 24.6 Å². The van der Waals surface area contributed by atoms with E-state index in [-0.39, 0.29) is 19.1 Å². The Balaban J connectivity index is 1.47. The second kappa shape index (κ2) is 9.19. The van der Waals surface area contributed by atoms with Crippen molar-refractivity contribution in [3.8, 4) is 0 Å². The van der Waals surface area contributed by atoms with E-state index in [9.17, 15) is 14.7 Å². The molecule has 1 aromatic heterocycles. The van der Waals surface area contributed by atoms with Crippen LogP contribution in [-0.2, 0) is 28.2 Å². The average Bonchev–Trinajstić information content (AvgIpc) is 3.34. The van der Waals surface area contributed by atoms with Gasteiger partial charge in [-0.2, -0.15) is 0 Å². The molecular weight excluding hydrogens is 412 g/mol.